The molecule has 2 rings (SSSR count). The molecule has 0 fully saturated rings. The molecule has 1 aromatic heterocycles. The first-order chi connectivity index (χ1) is 11.9. The van der Waals surface area contributed by atoms with Gasteiger partial charge in [0.15, 0.2) is 5.96 Å². The number of benzene rings is 1. The summed E-state index contributed by atoms with van der Waals surface area (Å²) in [5.74, 6) is 2.82. The summed E-state index contributed by atoms with van der Waals surface area (Å²) in [6, 6.07) is 6.50. The second kappa shape index (κ2) is 10.8. The lowest BCUT2D eigenvalue weighted by Crippen LogP contribution is -2.38. The summed E-state index contributed by atoms with van der Waals surface area (Å²) >= 11 is 1.66. The van der Waals surface area contributed by atoms with Crippen LogP contribution in [0.2, 0.25) is 0 Å². The van der Waals surface area contributed by atoms with Crippen molar-refractivity contribution in [3.05, 3.63) is 47.9 Å². The zero-order chi connectivity index (χ0) is 18.3. The Bertz CT molecular complexity index is 698. The number of aromatic nitrogens is 1. The van der Waals surface area contributed by atoms with Gasteiger partial charge in [-0.1, -0.05) is 20.8 Å². The third kappa shape index (κ3) is 7.53. The van der Waals surface area contributed by atoms with Crippen molar-refractivity contribution < 1.29 is 8.81 Å². The average Bonchev–Trinajstić information content (AvgIpc) is 3.05. The highest BCUT2D eigenvalue weighted by atomic mass is 127. The first-order valence-electron chi connectivity index (χ1n) is 8.16. The maximum atomic E-state index is 12.9. The molecule has 8 heteroatoms. The lowest BCUT2D eigenvalue weighted by Gasteiger charge is -2.13. The molecular weight excluding hydrogens is 466 g/mol. The van der Waals surface area contributed by atoms with Crippen LogP contribution in [0.15, 0.2) is 44.8 Å². The van der Waals surface area contributed by atoms with Crippen LogP contribution in [0, 0.1) is 5.82 Å². The molecule has 0 saturated heterocycles. The molecule has 0 aliphatic carbocycles. The average molecular weight is 492 g/mol. The van der Waals surface area contributed by atoms with Gasteiger partial charge in [-0.15, -0.1) is 35.7 Å². The molecule has 1 heterocycles. The van der Waals surface area contributed by atoms with E-state index in [0.717, 1.165) is 23.0 Å². The summed E-state index contributed by atoms with van der Waals surface area (Å²) in [5.41, 5.74) is -0.0528. The number of nitrogens with zero attached hydrogens (tertiary/aromatic N) is 2. The van der Waals surface area contributed by atoms with Gasteiger partial charge < -0.3 is 15.1 Å². The van der Waals surface area contributed by atoms with Crippen LogP contribution >= 0.6 is 35.7 Å². The molecule has 2 N–H and O–H groups in total. The van der Waals surface area contributed by atoms with Crippen LogP contribution in [0.25, 0.3) is 0 Å². The number of halogens is 2. The molecule has 26 heavy (non-hydrogen) atoms. The van der Waals surface area contributed by atoms with Crippen LogP contribution in [0.4, 0.5) is 4.39 Å². The van der Waals surface area contributed by atoms with Crippen molar-refractivity contribution in [2.24, 2.45) is 4.99 Å². The summed E-state index contributed by atoms with van der Waals surface area (Å²) < 4.78 is 18.6. The molecule has 0 aliphatic heterocycles. The maximum absolute atomic E-state index is 12.9. The summed E-state index contributed by atoms with van der Waals surface area (Å²) in [7, 11) is 1.72. The predicted molar refractivity (Wildman–Crippen MR) is 116 cm³/mol. The van der Waals surface area contributed by atoms with Gasteiger partial charge in [0.05, 0.1) is 12.7 Å². The van der Waals surface area contributed by atoms with E-state index in [1.54, 1.807) is 37.1 Å². The largest absolute Gasteiger partial charge is 0.443 e. The van der Waals surface area contributed by atoms with E-state index in [1.165, 1.54) is 12.1 Å². The quantitative estimate of drug-likeness (QED) is 0.208. The van der Waals surface area contributed by atoms with Crippen LogP contribution in [-0.2, 0) is 12.0 Å². The van der Waals surface area contributed by atoms with Crippen LogP contribution in [0.3, 0.4) is 0 Å². The van der Waals surface area contributed by atoms with E-state index in [4.69, 9.17) is 4.42 Å². The molecule has 144 valence electrons. The molecule has 1 aromatic carbocycles. The number of hydrogen-bond acceptors (Lipinski definition) is 4. The highest BCUT2D eigenvalue weighted by Crippen LogP contribution is 2.22. The van der Waals surface area contributed by atoms with Gasteiger partial charge in [-0.05, 0) is 24.3 Å². The number of hydrogen-bond donors (Lipinski definition) is 2. The minimum atomic E-state index is -0.215. The Morgan fingerprint density at radius 3 is 2.50 bits per heavy atom. The van der Waals surface area contributed by atoms with Crippen molar-refractivity contribution in [1.82, 2.24) is 15.6 Å². The first-order valence-corrected chi connectivity index (χ1v) is 9.15. The van der Waals surface area contributed by atoms with Crippen LogP contribution in [-0.4, -0.2) is 30.3 Å². The fourth-order valence-electron chi connectivity index (χ4n) is 1.99. The third-order valence-electron chi connectivity index (χ3n) is 3.40. The van der Waals surface area contributed by atoms with Crippen LogP contribution < -0.4 is 10.6 Å². The van der Waals surface area contributed by atoms with E-state index in [1.807, 2.05) is 0 Å². The van der Waals surface area contributed by atoms with Gasteiger partial charge >= 0.3 is 0 Å². The lowest BCUT2D eigenvalue weighted by molar-refractivity contribution is 0.379. The molecule has 0 aliphatic rings. The van der Waals surface area contributed by atoms with Gasteiger partial charge in [0.1, 0.15) is 11.6 Å². The zero-order valence-electron chi connectivity index (χ0n) is 15.5. The molecule has 0 amide bonds. The normalized spacial score (nSPS) is 11.8. The highest BCUT2D eigenvalue weighted by molar-refractivity contribution is 14.0. The van der Waals surface area contributed by atoms with Crippen molar-refractivity contribution in [3.63, 3.8) is 0 Å². The van der Waals surface area contributed by atoms with E-state index in [2.05, 4.69) is 41.4 Å². The third-order valence-corrected chi connectivity index (χ3v) is 4.41. The van der Waals surface area contributed by atoms with Gasteiger partial charge in [0.25, 0.3) is 0 Å². The number of aliphatic imine (C=N–C) groups is 1. The van der Waals surface area contributed by atoms with Gasteiger partial charge in [0, 0.05) is 29.7 Å². The standard InChI is InChI=1S/C18H25FN4OS.HI/c1-18(2,3)15-11-22-16(24-15)12-23-17(20-4)21-9-10-25-14-7-5-13(19)6-8-14;/h5-8,11H,9-10,12H2,1-4H3,(H2,20,21,23);1H. The van der Waals surface area contributed by atoms with Gasteiger partial charge in [-0.25, -0.2) is 9.37 Å². The van der Waals surface area contributed by atoms with Crippen LogP contribution in [0.1, 0.15) is 32.4 Å². The highest BCUT2D eigenvalue weighted by Gasteiger charge is 2.19. The Labute approximate surface area is 175 Å². The molecule has 5 nitrogen and oxygen atoms in total. The molecule has 0 spiro atoms. The molecule has 0 radical (unpaired) electrons. The summed E-state index contributed by atoms with van der Waals surface area (Å²) in [6.45, 7) is 7.47. The summed E-state index contributed by atoms with van der Waals surface area (Å²) in [5, 5.41) is 6.41. The second-order valence-electron chi connectivity index (χ2n) is 6.52. The van der Waals surface area contributed by atoms with Crippen molar-refractivity contribution >= 4 is 41.7 Å². The van der Waals surface area contributed by atoms with Crippen molar-refractivity contribution in [2.45, 2.75) is 37.6 Å². The Hall–Kier alpha value is -1.29. The predicted octanol–water partition coefficient (Wildman–Crippen LogP) is 4.19. The molecule has 0 unspecified atom stereocenters. The minimum Gasteiger partial charge on any atom is -0.443 e. The van der Waals surface area contributed by atoms with Gasteiger partial charge in [-0.2, -0.15) is 0 Å². The topological polar surface area (TPSA) is 62.5 Å². The number of thioether (sulfide) groups is 1. The summed E-state index contributed by atoms with van der Waals surface area (Å²) in [6.07, 6.45) is 1.77. The first kappa shape index (κ1) is 22.8. The molecule has 2 aromatic rings. The van der Waals surface area contributed by atoms with Crippen LogP contribution in [0.5, 0.6) is 0 Å². The van der Waals surface area contributed by atoms with Gasteiger partial charge in [-0.3, -0.25) is 4.99 Å². The summed E-state index contributed by atoms with van der Waals surface area (Å²) in [4.78, 5) is 9.51. The van der Waals surface area contributed by atoms with Crippen molar-refractivity contribution in [3.8, 4) is 0 Å². The minimum absolute atomic E-state index is 0. The number of oxazole rings is 1. The van der Waals surface area contributed by atoms with Gasteiger partial charge in [0.2, 0.25) is 5.89 Å². The zero-order valence-corrected chi connectivity index (χ0v) is 18.7. The monoisotopic (exact) mass is 492 g/mol. The molecule has 0 saturated carbocycles. The Balaban J connectivity index is 0.00000338. The SMILES string of the molecule is CN=C(NCCSc1ccc(F)cc1)NCc1ncc(C(C)(C)C)o1.I. The fourth-order valence-corrected chi connectivity index (χ4v) is 2.76. The van der Waals surface area contributed by atoms with E-state index in [-0.39, 0.29) is 35.2 Å². The van der Waals surface area contributed by atoms with E-state index in [0.29, 0.717) is 18.4 Å². The Kier molecular flexibility index (Phi) is 9.42. The number of rotatable bonds is 6. The Morgan fingerprint density at radius 2 is 1.92 bits per heavy atom. The number of guanidine groups is 1. The van der Waals surface area contributed by atoms with E-state index >= 15 is 0 Å². The smallest absolute Gasteiger partial charge is 0.213 e. The number of nitrogens with one attached hydrogen (secondary N) is 2. The molecule has 0 bridgehead atoms. The van der Waals surface area contributed by atoms with E-state index in [9.17, 15) is 4.39 Å². The molecular formula is C18H26FIN4OS. The Morgan fingerprint density at radius 1 is 1.23 bits per heavy atom. The van der Waals surface area contributed by atoms with Crippen molar-refractivity contribution in [1.29, 1.82) is 0 Å². The van der Waals surface area contributed by atoms with Crippen molar-refractivity contribution in [2.75, 3.05) is 19.3 Å². The lowest BCUT2D eigenvalue weighted by atomic mass is 9.94. The second-order valence-corrected chi connectivity index (χ2v) is 7.69. The molecule has 0 atom stereocenters. The fraction of sp³-hybridized carbons (Fsp3) is 0.444. The maximum Gasteiger partial charge on any atom is 0.213 e. The van der Waals surface area contributed by atoms with E-state index < -0.39 is 0 Å².